The van der Waals surface area contributed by atoms with Crippen LogP contribution in [0.25, 0.3) is 0 Å². The third-order valence-corrected chi connectivity index (χ3v) is 5.55. The molecule has 0 saturated carbocycles. The fraction of sp³-hybridized carbons (Fsp3) is 0.500. The van der Waals surface area contributed by atoms with E-state index in [2.05, 4.69) is 22.9 Å². The van der Waals surface area contributed by atoms with Crippen LogP contribution in [0.2, 0.25) is 0 Å². The first-order chi connectivity index (χ1) is 11.8. The smallest absolute Gasteiger partial charge is 0.323 e. The number of aliphatic carboxylic acids is 1. The molecule has 1 N–H and O–H groups in total. The lowest BCUT2D eigenvalue weighted by Gasteiger charge is -2.25. The summed E-state index contributed by atoms with van der Waals surface area (Å²) in [6, 6.07) is 3.70. The molecule has 138 valence electrons. The zero-order valence-corrected chi connectivity index (χ0v) is 17.2. The molecule has 25 heavy (non-hydrogen) atoms. The molecule has 0 aliphatic rings. The van der Waals surface area contributed by atoms with Crippen LogP contribution >= 0.6 is 27.7 Å². The quantitative estimate of drug-likeness (QED) is 0.591. The average molecular weight is 430 g/mol. The van der Waals surface area contributed by atoms with Crippen LogP contribution in [0.1, 0.15) is 43.7 Å². The zero-order chi connectivity index (χ0) is 19.0. The van der Waals surface area contributed by atoms with Gasteiger partial charge in [-0.2, -0.15) is 0 Å². The standard InChI is InChI=1S/C18H24BrNO4S/c1-4-5-6-7-17(24)25-11-15(21)20(10-16(22)23)18-12(2)8-9-14(19)13(18)3/h8-9H,4-7,10-11H2,1-3H3,(H,22,23). The van der Waals surface area contributed by atoms with E-state index in [1.54, 1.807) is 0 Å². The summed E-state index contributed by atoms with van der Waals surface area (Å²) in [6.45, 7) is 5.30. The van der Waals surface area contributed by atoms with Crippen LogP contribution in [0.15, 0.2) is 16.6 Å². The Morgan fingerprint density at radius 3 is 2.48 bits per heavy atom. The Morgan fingerprint density at radius 2 is 1.88 bits per heavy atom. The molecular formula is C18H24BrNO4S. The molecule has 0 aromatic heterocycles. The number of benzene rings is 1. The van der Waals surface area contributed by atoms with Crippen LogP contribution in [0.4, 0.5) is 5.69 Å². The van der Waals surface area contributed by atoms with Gasteiger partial charge >= 0.3 is 5.97 Å². The van der Waals surface area contributed by atoms with Gasteiger partial charge in [0.2, 0.25) is 5.91 Å². The Balaban J connectivity index is 2.89. The number of carbonyl (C=O) groups excluding carboxylic acids is 2. The molecule has 0 fully saturated rings. The van der Waals surface area contributed by atoms with Crippen LogP contribution in [0.5, 0.6) is 0 Å². The van der Waals surface area contributed by atoms with Crippen molar-refractivity contribution in [1.82, 2.24) is 0 Å². The maximum Gasteiger partial charge on any atom is 0.323 e. The van der Waals surface area contributed by atoms with Crippen molar-refractivity contribution < 1.29 is 19.5 Å². The Labute approximate surface area is 161 Å². The summed E-state index contributed by atoms with van der Waals surface area (Å²) in [4.78, 5) is 36.9. The van der Waals surface area contributed by atoms with Gasteiger partial charge in [0, 0.05) is 10.9 Å². The van der Waals surface area contributed by atoms with E-state index >= 15 is 0 Å². The third-order valence-electron chi connectivity index (χ3n) is 3.77. The zero-order valence-electron chi connectivity index (χ0n) is 14.8. The van der Waals surface area contributed by atoms with Gasteiger partial charge in [-0.1, -0.05) is 53.5 Å². The molecule has 0 atom stereocenters. The number of nitrogens with zero attached hydrogens (tertiary/aromatic N) is 1. The minimum absolute atomic E-state index is 0.0280. The van der Waals surface area contributed by atoms with Crippen LogP contribution in [0.3, 0.4) is 0 Å². The molecule has 0 bridgehead atoms. The number of carboxylic acids is 1. The van der Waals surface area contributed by atoms with E-state index in [1.165, 1.54) is 4.90 Å². The molecule has 0 aliphatic carbocycles. The monoisotopic (exact) mass is 429 g/mol. The normalized spacial score (nSPS) is 10.6. The number of hydrogen-bond donors (Lipinski definition) is 1. The van der Waals surface area contributed by atoms with Crippen molar-refractivity contribution in [1.29, 1.82) is 0 Å². The highest BCUT2D eigenvalue weighted by Crippen LogP contribution is 2.31. The molecule has 1 aromatic carbocycles. The molecule has 1 aromatic rings. The molecule has 5 nitrogen and oxygen atoms in total. The lowest BCUT2D eigenvalue weighted by Crippen LogP contribution is -2.38. The minimum atomic E-state index is -1.09. The number of unbranched alkanes of at least 4 members (excludes halogenated alkanes) is 2. The first kappa shape index (κ1) is 21.7. The SMILES string of the molecule is CCCCCC(=O)SCC(=O)N(CC(=O)O)c1c(C)ccc(Br)c1C. The van der Waals surface area contributed by atoms with Gasteiger partial charge in [0.05, 0.1) is 11.4 Å². The van der Waals surface area contributed by atoms with E-state index in [4.69, 9.17) is 0 Å². The number of hydrogen-bond acceptors (Lipinski definition) is 4. The molecule has 0 heterocycles. The van der Waals surface area contributed by atoms with Crippen LogP contribution < -0.4 is 4.90 Å². The molecule has 1 rings (SSSR count). The first-order valence-electron chi connectivity index (χ1n) is 8.21. The van der Waals surface area contributed by atoms with Gasteiger partial charge in [-0.25, -0.2) is 0 Å². The minimum Gasteiger partial charge on any atom is -0.480 e. The third kappa shape index (κ3) is 6.82. The van der Waals surface area contributed by atoms with Crippen molar-refractivity contribution in [3.8, 4) is 0 Å². The topological polar surface area (TPSA) is 74.7 Å². The Hall–Kier alpha value is -1.34. The van der Waals surface area contributed by atoms with Gasteiger partial charge in [0.15, 0.2) is 5.12 Å². The molecule has 0 aliphatic heterocycles. The highest BCUT2D eigenvalue weighted by atomic mass is 79.9. The summed E-state index contributed by atoms with van der Waals surface area (Å²) in [5.41, 5.74) is 2.20. The van der Waals surface area contributed by atoms with Crippen molar-refractivity contribution in [2.75, 3.05) is 17.2 Å². The predicted molar refractivity (Wildman–Crippen MR) is 105 cm³/mol. The van der Waals surface area contributed by atoms with Gasteiger partial charge in [-0.05, 0) is 37.5 Å². The van der Waals surface area contributed by atoms with E-state index in [0.29, 0.717) is 12.1 Å². The van der Waals surface area contributed by atoms with E-state index in [0.717, 1.165) is 46.6 Å². The molecule has 7 heteroatoms. The Bertz CT molecular complexity index is 648. The van der Waals surface area contributed by atoms with Crippen molar-refractivity contribution in [2.45, 2.75) is 46.5 Å². The Kier molecular flexibility index (Phi) is 9.21. The van der Waals surface area contributed by atoms with Crippen LogP contribution in [-0.2, 0) is 14.4 Å². The first-order valence-corrected chi connectivity index (χ1v) is 9.99. The van der Waals surface area contributed by atoms with Crippen LogP contribution in [0, 0.1) is 13.8 Å². The van der Waals surface area contributed by atoms with Gasteiger partial charge in [0.25, 0.3) is 0 Å². The Morgan fingerprint density at radius 1 is 1.20 bits per heavy atom. The van der Waals surface area contributed by atoms with Gasteiger partial charge in [-0.15, -0.1) is 0 Å². The molecule has 0 saturated heterocycles. The maximum atomic E-state index is 12.6. The van der Waals surface area contributed by atoms with E-state index in [-0.39, 0.29) is 16.8 Å². The highest BCUT2D eigenvalue weighted by Gasteiger charge is 2.23. The number of carboxylic acid groups (broad SMARTS) is 1. The second kappa shape index (κ2) is 10.6. The van der Waals surface area contributed by atoms with E-state index in [1.807, 2.05) is 26.0 Å². The number of carbonyl (C=O) groups is 3. The number of amides is 1. The van der Waals surface area contributed by atoms with Crippen LogP contribution in [-0.4, -0.2) is 34.4 Å². The molecule has 0 radical (unpaired) electrons. The summed E-state index contributed by atoms with van der Waals surface area (Å²) in [5, 5.41) is 9.16. The summed E-state index contributed by atoms with van der Waals surface area (Å²) < 4.78 is 0.805. The van der Waals surface area contributed by atoms with E-state index in [9.17, 15) is 19.5 Å². The number of rotatable bonds is 9. The fourth-order valence-corrected chi connectivity index (χ4v) is 3.51. The van der Waals surface area contributed by atoms with Gasteiger partial charge in [-0.3, -0.25) is 19.3 Å². The maximum absolute atomic E-state index is 12.6. The van der Waals surface area contributed by atoms with Gasteiger partial charge in [0.1, 0.15) is 6.54 Å². The highest BCUT2D eigenvalue weighted by molar-refractivity contribution is 9.10. The molecular weight excluding hydrogens is 406 g/mol. The summed E-state index contributed by atoms with van der Waals surface area (Å²) >= 11 is 4.38. The van der Waals surface area contributed by atoms with Crippen molar-refractivity contribution in [2.24, 2.45) is 0 Å². The predicted octanol–water partition coefficient (Wildman–Crippen LogP) is 4.32. The molecule has 0 spiro atoms. The van der Waals surface area contributed by atoms with Crippen molar-refractivity contribution >= 4 is 50.4 Å². The van der Waals surface area contributed by atoms with Crippen molar-refractivity contribution in [3.63, 3.8) is 0 Å². The second-order valence-corrected chi connectivity index (χ2v) is 7.72. The largest absolute Gasteiger partial charge is 0.480 e. The number of anilines is 1. The molecule has 0 unspecified atom stereocenters. The van der Waals surface area contributed by atoms with Gasteiger partial charge < -0.3 is 5.11 Å². The second-order valence-electron chi connectivity index (χ2n) is 5.83. The lowest BCUT2D eigenvalue weighted by atomic mass is 10.1. The summed E-state index contributed by atoms with van der Waals surface area (Å²) in [5.74, 6) is -1.52. The summed E-state index contributed by atoms with van der Waals surface area (Å²) in [7, 11) is 0. The number of thioether (sulfide) groups is 1. The van der Waals surface area contributed by atoms with E-state index < -0.39 is 12.5 Å². The van der Waals surface area contributed by atoms with Crippen molar-refractivity contribution in [3.05, 3.63) is 27.7 Å². The molecule has 1 amide bonds. The number of halogens is 1. The number of aryl methyl sites for hydroxylation is 1. The fourth-order valence-electron chi connectivity index (χ4n) is 2.47. The summed E-state index contributed by atoms with van der Waals surface area (Å²) in [6.07, 6.45) is 3.28. The average Bonchev–Trinajstić information content (AvgIpc) is 2.55. The lowest BCUT2D eigenvalue weighted by molar-refractivity contribution is -0.136.